The van der Waals surface area contributed by atoms with E-state index in [0.29, 0.717) is 0 Å². The van der Waals surface area contributed by atoms with E-state index < -0.39 is 0 Å². The van der Waals surface area contributed by atoms with Crippen molar-refractivity contribution in [2.75, 3.05) is 19.7 Å². The first-order valence-corrected chi connectivity index (χ1v) is 7.37. The molecular weight excluding hydrogens is 250 g/mol. The standard InChI is InChI=1S/C16H19N3O/c1-2-4-13(5-3-1)19-15-6-11-20-16(14(15)12-18-19)7-9-17-10-8-16/h1-5,12,17H,6-11H2. The van der Waals surface area contributed by atoms with E-state index in [2.05, 4.69) is 39.4 Å². The molecule has 4 rings (SSSR count). The molecule has 1 aromatic heterocycles. The van der Waals surface area contributed by atoms with Gasteiger partial charge in [0, 0.05) is 12.0 Å². The zero-order valence-corrected chi connectivity index (χ0v) is 11.5. The minimum absolute atomic E-state index is 0.105. The van der Waals surface area contributed by atoms with Gasteiger partial charge in [0.15, 0.2) is 0 Å². The number of nitrogens with one attached hydrogen (secondary N) is 1. The third-order valence-corrected chi connectivity index (χ3v) is 4.49. The number of ether oxygens (including phenoxy) is 1. The van der Waals surface area contributed by atoms with Crippen LogP contribution in [0.25, 0.3) is 5.69 Å². The normalized spacial score (nSPS) is 20.8. The Kier molecular flexibility index (Phi) is 2.86. The summed E-state index contributed by atoms with van der Waals surface area (Å²) in [6, 6.07) is 10.4. The highest BCUT2D eigenvalue weighted by Gasteiger charge is 2.41. The molecule has 0 atom stereocenters. The summed E-state index contributed by atoms with van der Waals surface area (Å²) < 4.78 is 8.27. The molecule has 1 aromatic carbocycles. The van der Waals surface area contributed by atoms with Crippen molar-refractivity contribution < 1.29 is 4.74 Å². The number of rotatable bonds is 1. The lowest BCUT2D eigenvalue weighted by atomic mass is 9.83. The molecular formula is C16H19N3O. The van der Waals surface area contributed by atoms with Crippen molar-refractivity contribution in [1.82, 2.24) is 15.1 Å². The van der Waals surface area contributed by atoms with E-state index in [1.54, 1.807) is 0 Å². The minimum atomic E-state index is -0.105. The van der Waals surface area contributed by atoms with Gasteiger partial charge in [-0.15, -0.1) is 0 Å². The molecule has 104 valence electrons. The van der Waals surface area contributed by atoms with E-state index >= 15 is 0 Å². The van der Waals surface area contributed by atoms with Gasteiger partial charge in [-0.1, -0.05) is 18.2 Å². The zero-order chi connectivity index (χ0) is 13.4. The fourth-order valence-corrected chi connectivity index (χ4v) is 3.45. The van der Waals surface area contributed by atoms with Crippen LogP contribution >= 0.6 is 0 Å². The van der Waals surface area contributed by atoms with Gasteiger partial charge in [-0.25, -0.2) is 4.68 Å². The fourth-order valence-electron chi connectivity index (χ4n) is 3.45. The van der Waals surface area contributed by atoms with Crippen LogP contribution < -0.4 is 5.32 Å². The molecule has 3 heterocycles. The molecule has 0 radical (unpaired) electrons. The lowest BCUT2D eigenvalue weighted by Gasteiger charge is -2.40. The Bertz CT molecular complexity index is 599. The molecule has 2 aromatic rings. The molecule has 1 N–H and O–H groups in total. The van der Waals surface area contributed by atoms with E-state index in [1.165, 1.54) is 11.3 Å². The van der Waals surface area contributed by atoms with Crippen LogP contribution in [0.3, 0.4) is 0 Å². The number of benzene rings is 1. The number of piperidine rings is 1. The topological polar surface area (TPSA) is 39.1 Å². The average Bonchev–Trinajstić information content (AvgIpc) is 2.95. The Morgan fingerprint density at radius 1 is 1.15 bits per heavy atom. The molecule has 2 aliphatic rings. The van der Waals surface area contributed by atoms with Gasteiger partial charge < -0.3 is 10.1 Å². The average molecular weight is 269 g/mol. The Morgan fingerprint density at radius 2 is 1.95 bits per heavy atom. The molecule has 1 fully saturated rings. The van der Waals surface area contributed by atoms with Crippen LogP contribution in [-0.2, 0) is 16.8 Å². The van der Waals surface area contributed by atoms with E-state index in [9.17, 15) is 0 Å². The number of aromatic nitrogens is 2. The summed E-state index contributed by atoms with van der Waals surface area (Å²) in [6.45, 7) is 2.84. The monoisotopic (exact) mass is 269 g/mol. The minimum Gasteiger partial charge on any atom is -0.370 e. The molecule has 2 aliphatic heterocycles. The Labute approximate surface area is 118 Å². The first-order valence-electron chi connectivity index (χ1n) is 7.37. The van der Waals surface area contributed by atoms with E-state index in [1.807, 2.05) is 12.3 Å². The molecule has 1 spiro atoms. The van der Waals surface area contributed by atoms with E-state index in [-0.39, 0.29) is 5.60 Å². The van der Waals surface area contributed by atoms with Crippen molar-refractivity contribution in [3.63, 3.8) is 0 Å². The van der Waals surface area contributed by atoms with Crippen molar-refractivity contribution in [2.24, 2.45) is 0 Å². The third-order valence-electron chi connectivity index (χ3n) is 4.49. The lowest BCUT2D eigenvalue weighted by Crippen LogP contribution is -2.44. The molecule has 0 unspecified atom stereocenters. The number of fused-ring (bicyclic) bond motifs is 2. The Balaban J connectivity index is 1.80. The highest BCUT2D eigenvalue weighted by atomic mass is 16.5. The highest BCUT2D eigenvalue weighted by molar-refractivity contribution is 5.38. The molecule has 0 amide bonds. The van der Waals surface area contributed by atoms with Crippen LogP contribution in [0, 0.1) is 0 Å². The van der Waals surface area contributed by atoms with Crippen LogP contribution in [-0.4, -0.2) is 29.5 Å². The van der Waals surface area contributed by atoms with Crippen LogP contribution in [0.15, 0.2) is 36.5 Å². The molecule has 4 nitrogen and oxygen atoms in total. The van der Waals surface area contributed by atoms with Crippen molar-refractivity contribution in [3.8, 4) is 5.69 Å². The quantitative estimate of drug-likeness (QED) is 0.861. The van der Waals surface area contributed by atoms with Gasteiger partial charge in [-0.2, -0.15) is 5.10 Å². The van der Waals surface area contributed by atoms with Gasteiger partial charge in [-0.3, -0.25) is 0 Å². The molecule has 0 bridgehead atoms. The summed E-state index contributed by atoms with van der Waals surface area (Å²) in [5.74, 6) is 0. The fraction of sp³-hybridized carbons (Fsp3) is 0.438. The van der Waals surface area contributed by atoms with Crippen molar-refractivity contribution in [2.45, 2.75) is 24.9 Å². The summed E-state index contributed by atoms with van der Waals surface area (Å²) in [4.78, 5) is 0. The van der Waals surface area contributed by atoms with Crippen LogP contribution in [0.5, 0.6) is 0 Å². The summed E-state index contributed by atoms with van der Waals surface area (Å²) in [5.41, 5.74) is 3.66. The maximum absolute atomic E-state index is 6.19. The first kappa shape index (κ1) is 12.1. The number of hydrogen-bond acceptors (Lipinski definition) is 3. The zero-order valence-electron chi connectivity index (χ0n) is 11.5. The van der Waals surface area contributed by atoms with Gasteiger partial charge in [0.25, 0.3) is 0 Å². The van der Waals surface area contributed by atoms with Crippen molar-refractivity contribution in [3.05, 3.63) is 47.8 Å². The second-order valence-electron chi connectivity index (χ2n) is 5.60. The molecule has 0 saturated carbocycles. The maximum atomic E-state index is 6.19. The first-order chi connectivity index (χ1) is 9.89. The summed E-state index contributed by atoms with van der Waals surface area (Å²) in [7, 11) is 0. The maximum Gasteiger partial charge on any atom is 0.0988 e. The van der Waals surface area contributed by atoms with Crippen LogP contribution in [0.2, 0.25) is 0 Å². The number of para-hydroxylation sites is 1. The van der Waals surface area contributed by atoms with Gasteiger partial charge in [-0.05, 0) is 38.1 Å². The van der Waals surface area contributed by atoms with Gasteiger partial charge >= 0.3 is 0 Å². The molecule has 20 heavy (non-hydrogen) atoms. The molecule has 0 aliphatic carbocycles. The Morgan fingerprint density at radius 3 is 2.75 bits per heavy atom. The second-order valence-corrected chi connectivity index (χ2v) is 5.60. The Hall–Kier alpha value is -1.65. The SMILES string of the molecule is c1ccc(-n2ncc3c2CCOC32CCNCC2)cc1. The van der Waals surface area contributed by atoms with Crippen molar-refractivity contribution >= 4 is 0 Å². The smallest absolute Gasteiger partial charge is 0.0988 e. The molecule has 1 saturated heterocycles. The van der Waals surface area contributed by atoms with E-state index in [4.69, 9.17) is 4.74 Å². The lowest BCUT2D eigenvalue weighted by molar-refractivity contribution is -0.0806. The third kappa shape index (κ3) is 1.79. The highest BCUT2D eigenvalue weighted by Crippen LogP contribution is 2.40. The van der Waals surface area contributed by atoms with E-state index in [0.717, 1.165) is 44.6 Å². The number of hydrogen-bond donors (Lipinski definition) is 1. The summed E-state index contributed by atoms with van der Waals surface area (Å²) >= 11 is 0. The van der Waals surface area contributed by atoms with Gasteiger partial charge in [0.2, 0.25) is 0 Å². The molecule has 4 heteroatoms. The van der Waals surface area contributed by atoms with Crippen molar-refractivity contribution in [1.29, 1.82) is 0 Å². The largest absolute Gasteiger partial charge is 0.370 e. The second kappa shape index (κ2) is 4.72. The van der Waals surface area contributed by atoms with Crippen LogP contribution in [0.1, 0.15) is 24.1 Å². The van der Waals surface area contributed by atoms with Gasteiger partial charge in [0.05, 0.1) is 29.8 Å². The van der Waals surface area contributed by atoms with Crippen LogP contribution in [0.4, 0.5) is 0 Å². The summed E-state index contributed by atoms with van der Waals surface area (Å²) in [6.07, 6.45) is 5.05. The number of nitrogens with zero attached hydrogens (tertiary/aromatic N) is 2. The predicted octanol–water partition coefficient (Wildman–Crippen LogP) is 2.02. The predicted molar refractivity (Wildman–Crippen MR) is 77.0 cm³/mol. The van der Waals surface area contributed by atoms with Gasteiger partial charge in [0.1, 0.15) is 0 Å². The summed E-state index contributed by atoms with van der Waals surface area (Å²) in [5, 5.41) is 8.05.